The van der Waals surface area contributed by atoms with Gasteiger partial charge in [-0.1, -0.05) is 42.5 Å². The maximum Gasteiger partial charge on any atom is 0.289 e. The number of ether oxygens (including phenoxy) is 2. The summed E-state index contributed by atoms with van der Waals surface area (Å²) in [4.78, 5) is 10.2. The van der Waals surface area contributed by atoms with E-state index in [4.69, 9.17) is 9.47 Å². The fraction of sp³-hybridized carbons (Fsp3) is 0.368. The highest BCUT2D eigenvalue weighted by Crippen LogP contribution is 2.28. The van der Waals surface area contributed by atoms with Gasteiger partial charge in [0.1, 0.15) is 0 Å². The van der Waals surface area contributed by atoms with Gasteiger partial charge in [-0.15, -0.1) is 0 Å². The number of nitrogens with zero attached hydrogens (tertiary/aromatic N) is 2. The number of rotatable bonds is 7. The lowest BCUT2D eigenvalue weighted by Gasteiger charge is -2.35. The van der Waals surface area contributed by atoms with E-state index in [1.54, 1.807) is 6.92 Å². The van der Waals surface area contributed by atoms with Crippen molar-refractivity contribution in [2.75, 3.05) is 19.7 Å². The van der Waals surface area contributed by atoms with Crippen LogP contribution in [0.1, 0.15) is 12.5 Å². The summed E-state index contributed by atoms with van der Waals surface area (Å²) in [5, 5.41) is 11.2. The lowest BCUT2D eigenvalue weighted by molar-refractivity contribution is -0.387. The quantitative estimate of drug-likeness (QED) is 0.518. The Morgan fingerprint density at radius 3 is 2.54 bits per heavy atom. The fourth-order valence-electron chi connectivity index (χ4n) is 3.14. The van der Waals surface area contributed by atoms with E-state index in [0.29, 0.717) is 6.61 Å². The molecule has 9 heteroatoms. The maximum atomic E-state index is 13.0. The molecule has 3 rings (SSSR count). The molecule has 2 aromatic rings. The van der Waals surface area contributed by atoms with Gasteiger partial charge in [-0.2, -0.15) is 4.31 Å². The van der Waals surface area contributed by atoms with Gasteiger partial charge >= 0.3 is 0 Å². The van der Waals surface area contributed by atoms with E-state index < -0.39 is 26.7 Å². The van der Waals surface area contributed by atoms with Crippen molar-refractivity contribution in [3.05, 3.63) is 70.3 Å². The van der Waals surface area contributed by atoms with E-state index in [0.717, 1.165) is 5.56 Å². The molecule has 2 atom stereocenters. The van der Waals surface area contributed by atoms with Crippen LogP contribution in [0.15, 0.2) is 59.5 Å². The minimum Gasteiger partial charge on any atom is -0.374 e. The monoisotopic (exact) mass is 406 g/mol. The van der Waals surface area contributed by atoms with Crippen LogP contribution in [-0.4, -0.2) is 49.6 Å². The van der Waals surface area contributed by atoms with Crippen molar-refractivity contribution in [1.29, 1.82) is 0 Å². The minimum atomic E-state index is -4.02. The number of para-hydroxylation sites is 1. The highest BCUT2D eigenvalue weighted by molar-refractivity contribution is 7.89. The van der Waals surface area contributed by atoms with E-state index in [1.165, 1.54) is 28.6 Å². The first kappa shape index (κ1) is 20.4. The average molecular weight is 406 g/mol. The number of sulfonamides is 1. The first-order valence-corrected chi connectivity index (χ1v) is 10.3. The van der Waals surface area contributed by atoms with Crippen molar-refractivity contribution in [2.24, 2.45) is 0 Å². The van der Waals surface area contributed by atoms with Gasteiger partial charge < -0.3 is 9.47 Å². The molecule has 0 spiro atoms. The van der Waals surface area contributed by atoms with Gasteiger partial charge in [0, 0.05) is 19.2 Å². The molecule has 0 N–H and O–H groups in total. The van der Waals surface area contributed by atoms with Crippen LogP contribution in [0.4, 0.5) is 5.69 Å². The van der Waals surface area contributed by atoms with Crippen LogP contribution in [0.3, 0.4) is 0 Å². The molecule has 0 saturated carbocycles. The van der Waals surface area contributed by atoms with Crippen molar-refractivity contribution in [2.45, 2.75) is 30.6 Å². The Bertz CT molecular complexity index is 919. The van der Waals surface area contributed by atoms with Crippen LogP contribution in [0.2, 0.25) is 0 Å². The molecule has 0 unspecified atom stereocenters. The van der Waals surface area contributed by atoms with E-state index in [-0.39, 0.29) is 30.7 Å². The van der Waals surface area contributed by atoms with Gasteiger partial charge in [0.15, 0.2) is 4.90 Å². The van der Waals surface area contributed by atoms with Gasteiger partial charge in [0.2, 0.25) is 10.0 Å². The first-order valence-electron chi connectivity index (χ1n) is 8.88. The second-order valence-corrected chi connectivity index (χ2v) is 8.52. The zero-order valence-electron chi connectivity index (χ0n) is 15.4. The van der Waals surface area contributed by atoms with Crippen LogP contribution in [0.25, 0.3) is 0 Å². The second-order valence-electron chi connectivity index (χ2n) is 6.62. The Balaban J connectivity index is 1.70. The SMILES string of the molecule is C[C@@H]1CN(S(=O)(=O)c2ccccc2[N+](=O)[O-])C[C@H](COCc2ccccc2)O1. The number of nitro benzene ring substituents is 1. The van der Waals surface area contributed by atoms with Crippen molar-refractivity contribution in [3.8, 4) is 0 Å². The molecule has 0 bridgehead atoms. The van der Waals surface area contributed by atoms with Crippen LogP contribution >= 0.6 is 0 Å². The number of morpholine rings is 1. The Labute approximate surface area is 163 Å². The summed E-state index contributed by atoms with van der Waals surface area (Å²) in [5.74, 6) is 0. The van der Waals surface area contributed by atoms with E-state index >= 15 is 0 Å². The molecule has 0 radical (unpaired) electrons. The number of hydrogen-bond acceptors (Lipinski definition) is 6. The molecule has 0 amide bonds. The van der Waals surface area contributed by atoms with Crippen molar-refractivity contribution >= 4 is 15.7 Å². The zero-order valence-corrected chi connectivity index (χ0v) is 16.2. The molecule has 28 heavy (non-hydrogen) atoms. The van der Waals surface area contributed by atoms with Crippen LogP contribution in [0.5, 0.6) is 0 Å². The number of nitro groups is 1. The fourth-order valence-corrected chi connectivity index (χ4v) is 4.84. The summed E-state index contributed by atoms with van der Waals surface area (Å²) in [7, 11) is -4.02. The largest absolute Gasteiger partial charge is 0.374 e. The third kappa shape index (κ3) is 4.74. The smallest absolute Gasteiger partial charge is 0.289 e. The third-order valence-electron chi connectivity index (χ3n) is 4.39. The van der Waals surface area contributed by atoms with Gasteiger partial charge in [0.05, 0.1) is 30.3 Å². The molecule has 2 aromatic carbocycles. The van der Waals surface area contributed by atoms with E-state index in [9.17, 15) is 18.5 Å². The molecule has 8 nitrogen and oxygen atoms in total. The molecule has 1 saturated heterocycles. The Kier molecular flexibility index (Phi) is 6.40. The highest BCUT2D eigenvalue weighted by Gasteiger charge is 2.37. The van der Waals surface area contributed by atoms with Crippen LogP contribution < -0.4 is 0 Å². The average Bonchev–Trinajstić information content (AvgIpc) is 2.68. The van der Waals surface area contributed by atoms with Crippen LogP contribution in [-0.2, 0) is 26.1 Å². The van der Waals surface area contributed by atoms with Crippen molar-refractivity contribution in [3.63, 3.8) is 0 Å². The van der Waals surface area contributed by atoms with Gasteiger partial charge in [-0.05, 0) is 18.6 Å². The molecule has 1 aliphatic rings. The first-order chi connectivity index (χ1) is 13.4. The lowest BCUT2D eigenvalue weighted by atomic mass is 10.2. The number of hydrogen-bond donors (Lipinski definition) is 0. The van der Waals surface area contributed by atoms with E-state index in [1.807, 2.05) is 30.3 Å². The number of benzene rings is 2. The van der Waals surface area contributed by atoms with Gasteiger partial charge in [-0.3, -0.25) is 10.1 Å². The van der Waals surface area contributed by atoms with Crippen LogP contribution in [0, 0.1) is 10.1 Å². The summed E-state index contributed by atoms with van der Waals surface area (Å²) in [6, 6.07) is 15.0. The third-order valence-corrected chi connectivity index (χ3v) is 6.27. The summed E-state index contributed by atoms with van der Waals surface area (Å²) < 4.78 is 38.8. The van der Waals surface area contributed by atoms with Crippen molar-refractivity contribution in [1.82, 2.24) is 4.31 Å². The summed E-state index contributed by atoms with van der Waals surface area (Å²) in [6.45, 7) is 2.59. The standard InChI is InChI=1S/C19H22N2O6S/c1-15-11-20(28(24,25)19-10-6-5-9-18(19)21(22)23)12-17(27-15)14-26-13-16-7-3-2-4-8-16/h2-10,15,17H,11-14H2,1H3/t15-,17-/m1/s1. The molecule has 1 heterocycles. The van der Waals surface area contributed by atoms with Gasteiger partial charge in [0.25, 0.3) is 5.69 Å². The molecular weight excluding hydrogens is 384 g/mol. The summed E-state index contributed by atoms with van der Waals surface area (Å²) in [5.41, 5.74) is 0.578. The predicted molar refractivity (Wildman–Crippen MR) is 102 cm³/mol. The topological polar surface area (TPSA) is 99.0 Å². The Hall–Kier alpha value is -2.33. The predicted octanol–water partition coefficient (Wildman–Crippen LogP) is 2.59. The Morgan fingerprint density at radius 1 is 1.14 bits per heavy atom. The van der Waals surface area contributed by atoms with E-state index in [2.05, 4.69) is 0 Å². The molecule has 0 aliphatic carbocycles. The normalized spacial score (nSPS) is 20.8. The molecular formula is C19H22N2O6S. The minimum absolute atomic E-state index is 0.0769. The molecule has 0 aromatic heterocycles. The zero-order chi connectivity index (χ0) is 20.1. The molecule has 1 aliphatic heterocycles. The summed E-state index contributed by atoms with van der Waals surface area (Å²) in [6.07, 6.45) is -0.804. The lowest BCUT2D eigenvalue weighted by Crippen LogP contribution is -2.50. The highest BCUT2D eigenvalue weighted by atomic mass is 32.2. The molecule has 1 fully saturated rings. The van der Waals surface area contributed by atoms with Crippen molar-refractivity contribution < 1.29 is 22.8 Å². The second kappa shape index (κ2) is 8.78. The van der Waals surface area contributed by atoms with Gasteiger partial charge in [-0.25, -0.2) is 8.42 Å². The summed E-state index contributed by atoms with van der Waals surface area (Å²) >= 11 is 0. The Morgan fingerprint density at radius 2 is 1.82 bits per heavy atom. The molecule has 150 valence electrons. The maximum absolute atomic E-state index is 13.0.